The van der Waals surface area contributed by atoms with Crippen LogP contribution in [0.5, 0.6) is 0 Å². The summed E-state index contributed by atoms with van der Waals surface area (Å²) in [6.45, 7) is 7.62. The first-order valence-corrected chi connectivity index (χ1v) is 13.0. The second kappa shape index (κ2) is 11.4. The Bertz CT molecular complexity index is 1250. The van der Waals surface area contributed by atoms with Crippen LogP contribution in [-0.4, -0.2) is 47.1 Å². The summed E-state index contributed by atoms with van der Waals surface area (Å²) >= 11 is 1.65. The molecular formula is C27H30F2N4O3S. The molecule has 0 spiro atoms. The fourth-order valence-electron chi connectivity index (χ4n) is 4.33. The summed E-state index contributed by atoms with van der Waals surface area (Å²) in [6.07, 6.45) is 3.70. The minimum Gasteiger partial charge on any atom is -0.465 e. The van der Waals surface area contributed by atoms with Gasteiger partial charge in [0.2, 0.25) is 0 Å². The van der Waals surface area contributed by atoms with Gasteiger partial charge in [-0.1, -0.05) is 12.1 Å². The van der Waals surface area contributed by atoms with E-state index in [1.165, 1.54) is 6.07 Å². The number of nitrogens with zero attached hydrogens (tertiary/aromatic N) is 2. The van der Waals surface area contributed by atoms with Crippen LogP contribution in [0, 0.1) is 11.6 Å². The Labute approximate surface area is 218 Å². The summed E-state index contributed by atoms with van der Waals surface area (Å²) in [5.41, 5.74) is 0.753. The number of benzene rings is 2. The molecule has 2 aromatic carbocycles. The quantitative estimate of drug-likeness (QED) is 0.354. The maximum absolute atomic E-state index is 13.8. The third kappa shape index (κ3) is 6.31. The monoisotopic (exact) mass is 528 g/mol. The average molecular weight is 529 g/mol. The van der Waals surface area contributed by atoms with E-state index in [0.29, 0.717) is 24.3 Å². The van der Waals surface area contributed by atoms with Crippen LogP contribution >= 0.6 is 11.3 Å². The molecule has 0 bridgehead atoms. The first-order valence-electron chi connectivity index (χ1n) is 12.2. The highest BCUT2D eigenvalue weighted by Gasteiger charge is 2.38. The zero-order chi connectivity index (χ0) is 26.6. The summed E-state index contributed by atoms with van der Waals surface area (Å²) in [5.74, 6) is -1.42. The Morgan fingerprint density at radius 3 is 2.46 bits per heavy atom. The average Bonchev–Trinajstić information content (AvgIpc) is 3.37. The SMILES string of the molecule is CCOC(=O)C(C)(C)N1CCC(c2ncc(-c3ccc(NC(=O)Nc4ccc(F)cc4F)cc3)s2)CC1. The van der Waals surface area contributed by atoms with Crippen LogP contribution in [0.15, 0.2) is 48.7 Å². The highest BCUT2D eigenvalue weighted by atomic mass is 32.1. The van der Waals surface area contributed by atoms with Crippen LogP contribution < -0.4 is 10.6 Å². The van der Waals surface area contributed by atoms with Crippen molar-refractivity contribution < 1.29 is 23.1 Å². The predicted molar refractivity (Wildman–Crippen MR) is 141 cm³/mol. The zero-order valence-corrected chi connectivity index (χ0v) is 21.8. The Morgan fingerprint density at radius 1 is 1.11 bits per heavy atom. The Kier molecular flexibility index (Phi) is 8.19. The molecule has 1 aliphatic heterocycles. The first kappa shape index (κ1) is 26.7. The topological polar surface area (TPSA) is 83.6 Å². The number of likely N-dealkylation sites (tertiary alicyclic amines) is 1. The number of nitrogens with one attached hydrogen (secondary N) is 2. The number of anilines is 2. The number of esters is 1. The Morgan fingerprint density at radius 2 is 1.81 bits per heavy atom. The summed E-state index contributed by atoms with van der Waals surface area (Å²) < 4.78 is 32.0. The lowest BCUT2D eigenvalue weighted by Gasteiger charge is -2.40. The number of rotatable bonds is 7. The Hall–Kier alpha value is -3.37. The second-order valence-corrected chi connectivity index (χ2v) is 10.4. The van der Waals surface area contributed by atoms with Crippen molar-refractivity contribution in [1.29, 1.82) is 0 Å². The molecule has 0 aliphatic carbocycles. The van der Waals surface area contributed by atoms with Crippen molar-refractivity contribution in [3.63, 3.8) is 0 Å². The van der Waals surface area contributed by atoms with Crippen LogP contribution in [0.25, 0.3) is 10.4 Å². The van der Waals surface area contributed by atoms with Gasteiger partial charge in [0.15, 0.2) is 0 Å². The van der Waals surface area contributed by atoms with Crippen molar-refractivity contribution in [2.75, 3.05) is 30.3 Å². The van der Waals surface area contributed by atoms with Gasteiger partial charge in [0, 0.05) is 23.9 Å². The van der Waals surface area contributed by atoms with Crippen LogP contribution in [0.3, 0.4) is 0 Å². The third-order valence-electron chi connectivity index (χ3n) is 6.54. The van der Waals surface area contributed by atoms with E-state index in [0.717, 1.165) is 47.4 Å². The van der Waals surface area contributed by atoms with Crippen molar-refractivity contribution in [3.8, 4) is 10.4 Å². The van der Waals surface area contributed by atoms with Crippen molar-refractivity contribution in [2.24, 2.45) is 0 Å². The van der Waals surface area contributed by atoms with Gasteiger partial charge in [0.05, 0.1) is 22.2 Å². The first-order chi connectivity index (χ1) is 17.7. The van der Waals surface area contributed by atoms with E-state index in [1.54, 1.807) is 23.5 Å². The molecule has 3 aromatic rings. The predicted octanol–water partition coefficient (Wildman–Crippen LogP) is 6.25. The van der Waals surface area contributed by atoms with Crippen molar-refractivity contribution in [3.05, 3.63) is 65.3 Å². The van der Waals surface area contributed by atoms with Crippen molar-refractivity contribution in [2.45, 2.75) is 45.1 Å². The fraction of sp³-hybridized carbons (Fsp3) is 0.370. The number of ether oxygens (including phenoxy) is 1. The van der Waals surface area contributed by atoms with Gasteiger partial charge in [0.25, 0.3) is 0 Å². The molecule has 2 N–H and O–H groups in total. The van der Waals surface area contributed by atoms with Crippen LogP contribution in [-0.2, 0) is 9.53 Å². The number of carbonyl (C=O) groups is 2. The van der Waals surface area contributed by atoms with Gasteiger partial charge in [-0.3, -0.25) is 9.69 Å². The molecule has 0 radical (unpaired) electrons. The summed E-state index contributed by atoms with van der Waals surface area (Å²) in [7, 11) is 0. The number of halogens is 2. The van der Waals surface area contributed by atoms with E-state index >= 15 is 0 Å². The lowest BCUT2D eigenvalue weighted by atomic mass is 9.92. The highest BCUT2D eigenvalue weighted by Crippen LogP contribution is 2.36. The van der Waals surface area contributed by atoms with E-state index in [2.05, 4.69) is 20.5 Å². The molecule has 1 aliphatic rings. The minimum absolute atomic E-state index is 0.108. The van der Waals surface area contributed by atoms with E-state index in [4.69, 9.17) is 4.74 Å². The largest absolute Gasteiger partial charge is 0.465 e. The van der Waals surface area contributed by atoms with Gasteiger partial charge in [-0.2, -0.15) is 0 Å². The number of aromatic nitrogens is 1. The number of piperidine rings is 1. The van der Waals surface area contributed by atoms with Crippen LogP contribution in [0.1, 0.15) is 44.5 Å². The molecule has 0 atom stereocenters. The third-order valence-corrected chi connectivity index (χ3v) is 7.75. The molecule has 10 heteroatoms. The summed E-state index contributed by atoms with van der Waals surface area (Å²) in [6, 6.07) is 9.60. The normalized spacial score (nSPS) is 14.8. The molecule has 1 saturated heterocycles. The van der Waals surface area contributed by atoms with E-state index < -0.39 is 23.2 Å². The van der Waals surface area contributed by atoms with E-state index in [1.807, 2.05) is 39.1 Å². The number of thiazole rings is 1. The van der Waals surface area contributed by atoms with Crippen molar-refractivity contribution >= 4 is 34.7 Å². The molecule has 0 unspecified atom stereocenters. The fourth-order valence-corrected chi connectivity index (χ4v) is 5.42. The smallest absolute Gasteiger partial charge is 0.325 e. The second-order valence-electron chi connectivity index (χ2n) is 9.38. The van der Waals surface area contributed by atoms with E-state index in [-0.39, 0.29) is 11.7 Å². The van der Waals surface area contributed by atoms with E-state index in [9.17, 15) is 18.4 Å². The molecule has 1 fully saturated rings. The number of hydrogen-bond donors (Lipinski definition) is 2. The molecular weight excluding hydrogens is 498 g/mol. The van der Waals surface area contributed by atoms with Crippen LogP contribution in [0.2, 0.25) is 0 Å². The van der Waals surface area contributed by atoms with Gasteiger partial charge in [0.1, 0.15) is 17.2 Å². The summed E-state index contributed by atoms with van der Waals surface area (Å²) in [5, 5.41) is 6.08. The summed E-state index contributed by atoms with van der Waals surface area (Å²) in [4.78, 5) is 32.4. The lowest BCUT2D eigenvalue weighted by Crippen LogP contribution is -2.53. The van der Waals surface area contributed by atoms with Gasteiger partial charge in [-0.15, -0.1) is 11.3 Å². The highest BCUT2D eigenvalue weighted by molar-refractivity contribution is 7.15. The Balaban J connectivity index is 1.33. The van der Waals surface area contributed by atoms with Crippen molar-refractivity contribution in [1.82, 2.24) is 9.88 Å². The standard InChI is InChI=1S/C27H30F2N4O3S/c1-4-36-25(34)27(2,3)33-13-11-18(12-14-33)24-30-16-23(37-24)17-5-8-20(9-6-17)31-26(35)32-22-10-7-19(28)15-21(22)29/h5-10,15-16,18H,4,11-14H2,1-3H3,(H2,31,32,35). The maximum atomic E-state index is 13.8. The zero-order valence-electron chi connectivity index (χ0n) is 21.0. The van der Waals surface area contributed by atoms with Gasteiger partial charge in [-0.25, -0.2) is 18.6 Å². The lowest BCUT2D eigenvalue weighted by molar-refractivity contribution is -0.156. The molecule has 2 heterocycles. The molecule has 37 heavy (non-hydrogen) atoms. The number of hydrogen-bond acceptors (Lipinski definition) is 6. The number of urea groups is 1. The molecule has 2 amide bonds. The van der Waals surface area contributed by atoms with Gasteiger partial charge < -0.3 is 15.4 Å². The van der Waals surface area contributed by atoms with Gasteiger partial charge >= 0.3 is 12.0 Å². The number of carbonyl (C=O) groups excluding carboxylic acids is 2. The van der Waals surface area contributed by atoms with Crippen LogP contribution in [0.4, 0.5) is 25.0 Å². The molecule has 4 rings (SSSR count). The minimum atomic E-state index is -0.847. The molecule has 7 nitrogen and oxygen atoms in total. The molecule has 1 aromatic heterocycles. The number of amides is 2. The maximum Gasteiger partial charge on any atom is 0.325 e. The molecule has 0 saturated carbocycles. The van der Waals surface area contributed by atoms with Gasteiger partial charge in [-0.05, 0) is 76.5 Å². The molecule has 196 valence electrons.